The summed E-state index contributed by atoms with van der Waals surface area (Å²) >= 11 is 0. The van der Waals surface area contributed by atoms with E-state index in [2.05, 4.69) is 20.8 Å². The average Bonchev–Trinajstić information content (AvgIpc) is 2.73. The molecule has 20 heavy (non-hydrogen) atoms. The highest BCUT2D eigenvalue weighted by Gasteiger charge is 2.22. The van der Waals surface area contributed by atoms with Gasteiger partial charge in [0.05, 0.1) is 6.42 Å². The number of hydrogen-bond donors (Lipinski definition) is 4. The van der Waals surface area contributed by atoms with Gasteiger partial charge in [-0.1, -0.05) is 0 Å². The Morgan fingerprint density at radius 2 is 2.10 bits per heavy atom. The molecule has 1 aromatic heterocycles. The summed E-state index contributed by atoms with van der Waals surface area (Å²) in [5, 5.41) is 29.2. The molecule has 1 heterocycles. The number of carbonyl (C=O) groups is 3. The average molecular weight is 285 g/mol. The second-order valence-corrected chi connectivity index (χ2v) is 4.00. The number of urea groups is 1. The van der Waals surface area contributed by atoms with E-state index in [0.29, 0.717) is 12.2 Å². The predicted molar refractivity (Wildman–Crippen MR) is 64.9 cm³/mol. The molecule has 0 bridgehead atoms. The van der Waals surface area contributed by atoms with Crippen molar-refractivity contribution in [1.82, 2.24) is 25.4 Å². The number of carboxylic acid groups (broad SMARTS) is 2. The van der Waals surface area contributed by atoms with E-state index in [0.717, 1.165) is 0 Å². The van der Waals surface area contributed by atoms with Crippen molar-refractivity contribution in [2.45, 2.75) is 18.9 Å². The van der Waals surface area contributed by atoms with Crippen molar-refractivity contribution in [2.24, 2.45) is 7.05 Å². The maximum Gasteiger partial charge on any atom is 0.326 e. The Bertz CT molecular complexity index is 500. The Kier molecular flexibility index (Phi) is 5.44. The Morgan fingerprint density at radius 3 is 2.60 bits per heavy atom. The number of aryl methyl sites for hydroxylation is 1. The molecule has 1 rings (SSSR count). The molecule has 0 aromatic carbocycles. The number of nitrogens with one attached hydrogen (secondary N) is 2. The molecule has 1 atom stereocenters. The smallest absolute Gasteiger partial charge is 0.326 e. The molecule has 0 saturated heterocycles. The van der Waals surface area contributed by atoms with Gasteiger partial charge < -0.3 is 25.4 Å². The van der Waals surface area contributed by atoms with Crippen molar-refractivity contribution in [3.05, 3.63) is 12.2 Å². The zero-order valence-corrected chi connectivity index (χ0v) is 10.7. The van der Waals surface area contributed by atoms with Crippen molar-refractivity contribution in [3.63, 3.8) is 0 Å². The zero-order chi connectivity index (χ0) is 15.1. The normalized spacial score (nSPS) is 11.7. The number of carboxylic acids is 2. The molecule has 0 radical (unpaired) electrons. The van der Waals surface area contributed by atoms with E-state index >= 15 is 0 Å². The lowest BCUT2D eigenvalue weighted by Crippen LogP contribution is -2.47. The maximum atomic E-state index is 11.4. The summed E-state index contributed by atoms with van der Waals surface area (Å²) in [5.41, 5.74) is 0. The summed E-state index contributed by atoms with van der Waals surface area (Å²) in [6.45, 7) is 0.220. The fourth-order valence-electron chi connectivity index (χ4n) is 1.41. The van der Waals surface area contributed by atoms with Crippen LogP contribution in [-0.2, 0) is 23.1 Å². The number of aromatic nitrogens is 3. The van der Waals surface area contributed by atoms with Crippen LogP contribution in [0, 0.1) is 0 Å². The van der Waals surface area contributed by atoms with Gasteiger partial charge in [-0.05, 0) is 0 Å². The van der Waals surface area contributed by atoms with Gasteiger partial charge in [0, 0.05) is 20.0 Å². The van der Waals surface area contributed by atoms with Crippen molar-refractivity contribution in [2.75, 3.05) is 6.54 Å². The molecule has 0 aliphatic rings. The Balaban J connectivity index is 2.36. The molecule has 0 aliphatic heterocycles. The number of rotatable bonds is 7. The minimum Gasteiger partial charge on any atom is -0.481 e. The summed E-state index contributed by atoms with van der Waals surface area (Å²) in [4.78, 5) is 32.6. The Hall–Kier alpha value is -2.65. The van der Waals surface area contributed by atoms with Gasteiger partial charge in [-0.15, -0.1) is 10.2 Å². The summed E-state index contributed by atoms with van der Waals surface area (Å²) in [7, 11) is 1.75. The molecule has 0 aliphatic carbocycles. The molecule has 10 heteroatoms. The van der Waals surface area contributed by atoms with E-state index in [9.17, 15) is 14.4 Å². The van der Waals surface area contributed by atoms with E-state index in [1.807, 2.05) is 0 Å². The molecular formula is C10H15N5O5. The second-order valence-electron chi connectivity index (χ2n) is 4.00. The lowest BCUT2D eigenvalue weighted by molar-refractivity contribution is -0.145. The number of carbonyl (C=O) groups excluding carboxylic acids is 1. The molecule has 2 amide bonds. The van der Waals surface area contributed by atoms with E-state index in [4.69, 9.17) is 10.2 Å². The van der Waals surface area contributed by atoms with Gasteiger partial charge >= 0.3 is 18.0 Å². The fourth-order valence-corrected chi connectivity index (χ4v) is 1.41. The Labute approximate surface area is 113 Å². The summed E-state index contributed by atoms with van der Waals surface area (Å²) in [5.74, 6) is -2.06. The third-order valence-electron chi connectivity index (χ3n) is 2.42. The zero-order valence-electron chi connectivity index (χ0n) is 10.7. The third-order valence-corrected chi connectivity index (χ3v) is 2.42. The highest BCUT2D eigenvalue weighted by Crippen LogP contribution is 1.94. The second kappa shape index (κ2) is 7.07. The minimum atomic E-state index is -1.47. The van der Waals surface area contributed by atoms with Gasteiger partial charge in [0.2, 0.25) is 0 Å². The molecule has 1 aromatic rings. The van der Waals surface area contributed by atoms with E-state index < -0.39 is 30.4 Å². The Morgan fingerprint density at radius 1 is 1.40 bits per heavy atom. The van der Waals surface area contributed by atoms with Gasteiger partial charge in [0.1, 0.15) is 18.2 Å². The number of amides is 2. The standard InChI is InChI=1S/C10H15N5O5/c1-15-5-12-14-7(15)2-3-11-10(20)13-6(9(18)19)4-8(16)17/h5-6H,2-4H2,1H3,(H,16,17)(H,18,19)(H2,11,13,20)/t6-/m0/s1. The minimum absolute atomic E-state index is 0.220. The maximum absolute atomic E-state index is 11.4. The van der Waals surface area contributed by atoms with Crippen LogP contribution in [-0.4, -0.2) is 55.5 Å². The SMILES string of the molecule is Cn1cnnc1CCNC(=O)N[C@@H](CC(=O)O)C(=O)O. The largest absolute Gasteiger partial charge is 0.481 e. The van der Waals surface area contributed by atoms with Crippen LogP contribution in [0.4, 0.5) is 4.79 Å². The van der Waals surface area contributed by atoms with Gasteiger partial charge in [-0.3, -0.25) is 4.79 Å². The topological polar surface area (TPSA) is 146 Å². The van der Waals surface area contributed by atoms with Crippen molar-refractivity contribution in [3.8, 4) is 0 Å². The van der Waals surface area contributed by atoms with Crippen LogP contribution in [0.5, 0.6) is 0 Å². The number of hydrogen-bond acceptors (Lipinski definition) is 5. The van der Waals surface area contributed by atoms with Crippen LogP contribution in [0.1, 0.15) is 12.2 Å². The fraction of sp³-hybridized carbons (Fsp3) is 0.500. The van der Waals surface area contributed by atoms with Crippen molar-refractivity contribution < 1.29 is 24.6 Å². The number of nitrogens with zero attached hydrogens (tertiary/aromatic N) is 3. The van der Waals surface area contributed by atoms with Crippen molar-refractivity contribution >= 4 is 18.0 Å². The molecular weight excluding hydrogens is 270 g/mol. The highest BCUT2D eigenvalue weighted by molar-refractivity contribution is 5.86. The van der Waals surface area contributed by atoms with Crippen LogP contribution in [0.3, 0.4) is 0 Å². The summed E-state index contributed by atoms with van der Waals surface area (Å²) < 4.78 is 1.68. The third kappa shape index (κ3) is 4.92. The highest BCUT2D eigenvalue weighted by atomic mass is 16.4. The van der Waals surface area contributed by atoms with E-state index in [-0.39, 0.29) is 6.54 Å². The first kappa shape index (κ1) is 15.4. The summed E-state index contributed by atoms with van der Waals surface area (Å²) in [6, 6.07) is -2.22. The van der Waals surface area contributed by atoms with Crippen LogP contribution >= 0.6 is 0 Å². The monoisotopic (exact) mass is 285 g/mol. The predicted octanol–water partition coefficient (Wildman–Crippen LogP) is -1.42. The van der Waals surface area contributed by atoms with Gasteiger partial charge in [-0.25, -0.2) is 9.59 Å². The van der Waals surface area contributed by atoms with Gasteiger partial charge in [0.25, 0.3) is 0 Å². The van der Waals surface area contributed by atoms with Crippen LogP contribution in [0.2, 0.25) is 0 Å². The quantitative estimate of drug-likeness (QED) is 0.481. The number of aliphatic carboxylic acids is 2. The lowest BCUT2D eigenvalue weighted by atomic mass is 10.2. The molecule has 110 valence electrons. The molecule has 0 unspecified atom stereocenters. The van der Waals surface area contributed by atoms with Gasteiger partial charge in [0.15, 0.2) is 0 Å². The van der Waals surface area contributed by atoms with Crippen molar-refractivity contribution in [1.29, 1.82) is 0 Å². The summed E-state index contributed by atoms with van der Waals surface area (Å²) in [6.07, 6.45) is 1.25. The molecule has 0 saturated carbocycles. The van der Waals surface area contributed by atoms with Crippen LogP contribution in [0.25, 0.3) is 0 Å². The van der Waals surface area contributed by atoms with Crippen LogP contribution < -0.4 is 10.6 Å². The first-order valence-electron chi connectivity index (χ1n) is 5.72. The molecule has 10 nitrogen and oxygen atoms in total. The van der Waals surface area contributed by atoms with Gasteiger partial charge in [-0.2, -0.15) is 0 Å². The molecule has 0 spiro atoms. The van der Waals surface area contributed by atoms with Crippen LogP contribution in [0.15, 0.2) is 6.33 Å². The van der Waals surface area contributed by atoms with E-state index in [1.54, 1.807) is 11.6 Å². The lowest BCUT2D eigenvalue weighted by Gasteiger charge is -2.13. The van der Waals surface area contributed by atoms with E-state index in [1.165, 1.54) is 6.33 Å². The molecule has 0 fully saturated rings. The first-order valence-corrected chi connectivity index (χ1v) is 5.72. The molecule has 4 N–H and O–H groups in total. The first-order chi connectivity index (χ1) is 9.40.